The van der Waals surface area contributed by atoms with E-state index in [0.29, 0.717) is 5.56 Å². The first-order valence-electron chi connectivity index (χ1n) is 6.79. The number of ether oxygens (including phenoxy) is 1. The van der Waals surface area contributed by atoms with Crippen molar-refractivity contribution in [3.05, 3.63) is 48.0 Å². The minimum absolute atomic E-state index is 0.225. The fourth-order valence-electron chi connectivity index (χ4n) is 1.78. The Morgan fingerprint density at radius 2 is 1.86 bits per heavy atom. The molecule has 1 atom stereocenters. The summed E-state index contributed by atoms with van der Waals surface area (Å²) in [5.41, 5.74) is 1.20. The summed E-state index contributed by atoms with van der Waals surface area (Å²) in [6.45, 7) is 5.23. The molecule has 2 N–H and O–H groups in total. The van der Waals surface area contributed by atoms with Crippen LogP contribution in [0, 0.1) is 0 Å². The first-order chi connectivity index (χ1) is 10.4. The van der Waals surface area contributed by atoms with Crippen LogP contribution in [0.15, 0.2) is 42.5 Å². The summed E-state index contributed by atoms with van der Waals surface area (Å²) in [7, 11) is 1.25. The van der Waals surface area contributed by atoms with E-state index in [0.717, 1.165) is 5.57 Å². The van der Waals surface area contributed by atoms with Crippen LogP contribution in [-0.4, -0.2) is 37.5 Å². The number of rotatable bonds is 7. The highest BCUT2D eigenvalue weighted by Crippen LogP contribution is 2.03. The summed E-state index contributed by atoms with van der Waals surface area (Å²) in [6, 6.07) is 7.74. The number of carbonyl (C=O) groups is 3. The van der Waals surface area contributed by atoms with Gasteiger partial charge in [-0.1, -0.05) is 23.8 Å². The van der Waals surface area contributed by atoms with Gasteiger partial charge in [-0.3, -0.25) is 9.59 Å². The van der Waals surface area contributed by atoms with Crippen LogP contribution in [0.3, 0.4) is 0 Å². The molecule has 0 radical (unpaired) electrons. The summed E-state index contributed by atoms with van der Waals surface area (Å²) in [6.07, 6.45) is 0.283. The SMILES string of the molecule is C=C(C)C[C@H](NC(=O)CNC(=O)c1ccccc1)C(=O)OC. The van der Waals surface area contributed by atoms with Gasteiger partial charge in [0.05, 0.1) is 13.7 Å². The molecule has 1 aromatic rings. The lowest BCUT2D eigenvalue weighted by Crippen LogP contribution is -2.46. The Labute approximate surface area is 129 Å². The van der Waals surface area contributed by atoms with E-state index in [1.54, 1.807) is 37.3 Å². The summed E-state index contributed by atoms with van der Waals surface area (Å²) >= 11 is 0. The third-order valence-electron chi connectivity index (χ3n) is 2.82. The van der Waals surface area contributed by atoms with Crippen molar-refractivity contribution in [1.82, 2.24) is 10.6 Å². The van der Waals surface area contributed by atoms with Gasteiger partial charge in [-0.05, 0) is 25.5 Å². The minimum Gasteiger partial charge on any atom is -0.467 e. The van der Waals surface area contributed by atoms with Crippen molar-refractivity contribution in [2.24, 2.45) is 0 Å². The number of amides is 2. The van der Waals surface area contributed by atoms with Gasteiger partial charge in [0.25, 0.3) is 5.91 Å². The van der Waals surface area contributed by atoms with Crippen LogP contribution in [-0.2, 0) is 14.3 Å². The summed E-state index contributed by atoms with van der Waals surface area (Å²) in [5, 5.41) is 5.01. The van der Waals surface area contributed by atoms with E-state index in [2.05, 4.69) is 21.9 Å². The Morgan fingerprint density at radius 1 is 1.23 bits per heavy atom. The van der Waals surface area contributed by atoms with Gasteiger partial charge >= 0.3 is 5.97 Å². The topological polar surface area (TPSA) is 84.5 Å². The molecular formula is C16H20N2O4. The van der Waals surface area contributed by atoms with Crippen molar-refractivity contribution in [3.63, 3.8) is 0 Å². The zero-order valence-corrected chi connectivity index (χ0v) is 12.7. The van der Waals surface area contributed by atoms with E-state index in [1.165, 1.54) is 7.11 Å². The largest absolute Gasteiger partial charge is 0.467 e. The van der Waals surface area contributed by atoms with E-state index < -0.39 is 17.9 Å². The molecule has 0 aliphatic rings. The van der Waals surface area contributed by atoms with Gasteiger partial charge in [0.15, 0.2) is 0 Å². The van der Waals surface area contributed by atoms with Crippen molar-refractivity contribution < 1.29 is 19.1 Å². The molecular weight excluding hydrogens is 284 g/mol. The molecule has 22 heavy (non-hydrogen) atoms. The Kier molecular flexibility index (Phi) is 6.82. The number of carbonyl (C=O) groups excluding carboxylic acids is 3. The lowest BCUT2D eigenvalue weighted by molar-refractivity contribution is -0.144. The van der Waals surface area contributed by atoms with E-state index in [-0.39, 0.29) is 18.9 Å². The van der Waals surface area contributed by atoms with Crippen molar-refractivity contribution in [1.29, 1.82) is 0 Å². The monoisotopic (exact) mass is 304 g/mol. The van der Waals surface area contributed by atoms with Gasteiger partial charge in [0, 0.05) is 5.56 Å². The van der Waals surface area contributed by atoms with Crippen molar-refractivity contribution in [2.75, 3.05) is 13.7 Å². The molecule has 2 amide bonds. The predicted octanol–water partition coefficient (Wildman–Crippen LogP) is 1.04. The van der Waals surface area contributed by atoms with Crippen LogP contribution in [0.2, 0.25) is 0 Å². The highest BCUT2D eigenvalue weighted by atomic mass is 16.5. The second-order valence-electron chi connectivity index (χ2n) is 4.85. The van der Waals surface area contributed by atoms with Crippen LogP contribution in [0.4, 0.5) is 0 Å². The normalized spacial score (nSPS) is 11.2. The molecule has 0 saturated carbocycles. The molecule has 0 fully saturated rings. The molecule has 0 heterocycles. The zero-order chi connectivity index (χ0) is 16.5. The summed E-state index contributed by atoms with van der Waals surface area (Å²) in [5.74, 6) is -1.38. The van der Waals surface area contributed by atoms with Gasteiger partial charge < -0.3 is 15.4 Å². The standard InChI is InChI=1S/C16H20N2O4/c1-11(2)9-13(16(21)22-3)18-14(19)10-17-15(20)12-7-5-4-6-8-12/h4-8,13H,1,9-10H2,2-3H3,(H,17,20)(H,18,19)/t13-/m0/s1. The van der Waals surface area contributed by atoms with Crippen molar-refractivity contribution in [2.45, 2.75) is 19.4 Å². The molecule has 118 valence electrons. The van der Waals surface area contributed by atoms with E-state index in [9.17, 15) is 14.4 Å². The highest BCUT2D eigenvalue weighted by molar-refractivity contribution is 5.96. The molecule has 6 heteroatoms. The second kappa shape index (κ2) is 8.61. The highest BCUT2D eigenvalue weighted by Gasteiger charge is 2.21. The number of esters is 1. The maximum absolute atomic E-state index is 11.8. The number of benzene rings is 1. The smallest absolute Gasteiger partial charge is 0.328 e. The number of hydrogen-bond donors (Lipinski definition) is 2. The van der Waals surface area contributed by atoms with E-state index >= 15 is 0 Å². The first kappa shape index (κ1) is 17.4. The molecule has 0 aliphatic heterocycles. The molecule has 0 spiro atoms. The molecule has 0 bridgehead atoms. The van der Waals surface area contributed by atoms with E-state index in [4.69, 9.17) is 0 Å². The number of nitrogens with one attached hydrogen (secondary N) is 2. The Morgan fingerprint density at radius 3 is 2.41 bits per heavy atom. The molecule has 1 aromatic carbocycles. The average Bonchev–Trinajstić information content (AvgIpc) is 2.51. The first-order valence-corrected chi connectivity index (χ1v) is 6.79. The number of methoxy groups -OCH3 is 1. The fraction of sp³-hybridized carbons (Fsp3) is 0.312. The maximum atomic E-state index is 11.8. The Balaban J connectivity index is 2.51. The summed E-state index contributed by atoms with van der Waals surface area (Å²) < 4.78 is 4.63. The van der Waals surface area contributed by atoms with E-state index in [1.807, 2.05) is 0 Å². The predicted molar refractivity (Wildman–Crippen MR) is 82.2 cm³/mol. The molecule has 0 unspecified atom stereocenters. The molecule has 6 nitrogen and oxygen atoms in total. The lowest BCUT2D eigenvalue weighted by Gasteiger charge is -2.16. The zero-order valence-electron chi connectivity index (χ0n) is 12.7. The average molecular weight is 304 g/mol. The van der Waals surface area contributed by atoms with Crippen molar-refractivity contribution in [3.8, 4) is 0 Å². The van der Waals surface area contributed by atoms with Crippen LogP contribution in [0.5, 0.6) is 0 Å². The molecule has 1 rings (SSSR count). The van der Waals surface area contributed by atoms with Gasteiger partial charge in [-0.2, -0.15) is 0 Å². The van der Waals surface area contributed by atoms with Crippen LogP contribution >= 0.6 is 0 Å². The molecule has 0 saturated heterocycles. The quantitative estimate of drug-likeness (QED) is 0.582. The van der Waals surface area contributed by atoms with Gasteiger partial charge in [0.2, 0.25) is 5.91 Å². The van der Waals surface area contributed by atoms with Gasteiger partial charge in [0.1, 0.15) is 6.04 Å². The minimum atomic E-state index is -0.802. The Bertz CT molecular complexity index is 555. The molecule has 0 aliphatic carbocycles. The van der Waals surface area contributed by atoms with Crippen LogP contribution in [0.1, 0.15) is 23.7 Å². The van der Waals surface area contributed by atoms with Gasteiger partial charge in [-0.25, -0.2) is 4.79 Å². The third-order valence-corrected chi connectivity index (χ3v) is 2.82. The van der Waals surface area contributed by atoms with Crippen molar-refractivity contribution >= 4 is 17.8 Å². The molecule has 0 aromatic heterocycles. The Hall–Kier alpha value is -2.63. The lowest BCUT2D eigenvalue weighted by atomic mass is 10.1. The van der Waals surface area contributed by atoms with Crippen LogP contribution < -0.4 is 10.6 Å². The summed E-state index contributed by atoms with van der Waals surface area (Å²) in [4.78, 5) is 35.2. The second-order valence-corrected chi connectivity index (χ2v) is 4.85. The fourth-order valence-corrected chi connectivity index (χ4v) is 1.78. The van der Waals surface area contributed by atoms with Gasteiger partial charge in [-0.15, -0.1) is 6.58 Å². The third kappa shape index (κ3) is 5.78. The van der Waals surface area contributed by atoms with Crippen LogP contribution in [0.25, 0.3) is 0 Å². The number of hydrogen-bond acceptors (Lipinski definition) is 4. The maximum Gasteiger partial charge on any atom is 0.328 e.